The molecule has 0 bridgehead atoms. The van der Waals surface area contributed by atoms with Crippen LogP contribution in [0.2, 0.25) is 0 Å². The zero-order chi connectivity index (χ0) is 15.7. The highest BCUT2D eigenvalue weighted by Crippen LogP contribution is 2.29. The standard InChI is InChI=1S/C15H18N4O2S/c1-4-12(13(20)21-5-2)22-15-17-16-14-18(3)10-8-6-7-9-11(10)19(14)15/h6-9,12H,4-5H2,1-3H3/t12-/m1/s1. The predicted molar refractivity (Wildman–Crippen MR) is 86.0 cm³/mol. The number of rotatable bonds is 5. The monoisotopic (exact) mass is 318 g/mol. The molecular weight excluding hydrogens is 300 g/mol. The molecule has 1 aromatic carbocycles. The van der Waals surface area contributed by atoms with Gasteiger partial charge in [-0.15, -0.1) is 10.2 Å². The zero-order valence-electron chi connectivity index (χ0n) is 12.8. The molecule has 0 spiro atoms. The molecule has 0 aliphatic heterocycles. The second-order valence-corrected chi connectivity index (χ2v) is 6.10. The SMILES string of the molecule is CCOC(=O)[C@@H](CC)Sc1nnc2n(C)c3ccccc3n12. The average Bonchev–Trinajstić information content (AvgIpc) is 3.06. The van der Waals surface area contributed by atoms with Gasteiger partial charge in [0.15, 0.2) is 5.16 Å². The molecule has 22 heavy (non-hydrogen) atoms. The largest absolute Gasteiger partial charge is 0.465 e. The van der Waals surface area contributed by atoms with E-state index in [2.05, 4.69) is 10.2 Å². The van der Waals surface area contributed by atoms with Crippen molar-refractivity contribution in [2.24, 2.45) is 7.05 Å². The third-order valence-corrected chi connectivity index (χ3v) is 4.85. The van der Waals surface area contributed by atoms with Crippen LogP contribution in [0.15, 0.2) is 29.4 Å². The minimum absolute atomic E-state index is 0.202. The Morgan fingerprint density at radius 3 is 2.68 bits per heavy atom. The van der Waals surface area contributed by atoms with Crippen LogP contribution in [0.5, 0.6) is 0 Å². The van der Waals surface area contributed by atoms with Gasteiger partial charge < -0.3 is 9.30 Å². The Bertz CT molecular complexity index is 824. The Morgan fingerprint density at radius 2 is 2.00 bits per heavy atom. The maximum Gasteiger partial charge on any atom is 0.319 e. The molecule has 2 aromatic heterocycles. The molecule has 0 radical (unpaired) electrons. The molecule has 116 valence electrons. The van der Waals surface area contributed by atoms with E-state index in [1.54, 1.807) is 0 Å². The lowest BCUT2D eigenvalue weighted by molar-refractivity contribution is -0.142. The van der Waals surface area contributed by atoms with Crippen LogP contribution in [0.4, 0.5) is 0 Å². The number of carbonyl (C=O) groups is 1. The van der Waals surface area contributed by atoms with Gasteiger partial charge in [-0.3, -0.25) is 9.20 Å². The molecule has 0 N–H and O–H groups in total. The van der Waals surface area contributed by atoms with E-state index in [4.69, 9.17) is 4.74 Å². The van der Waals surface area contributed by atoms with E-state index >= 15 is 0 Å². The van der Waals surface area contributed by atoms with Crippen molar-refractivity contribution in [3.63, 3.8) is 0 Å². The number of aromatic nitrogens is 4. The molecule has 0 amide bonds. The number of nitrogens with zero attached hydrogens (tertiary/aromatic N) is 4. The van der Waals surface area contributed by atoms with E-state index in [1.807, 2.05) is 54.1 Å². The zero-order valence-corrected chi connectivity index (χ0v) is 13.6. The van der Waals surface area contributed by atoms with Crippen LogP contribution in [0.3, 0.4) is 0 Å². The molecule has 6 nitrogen and oxygen atoms in total. The number of hydrogen-bond donors (Lipinski definition) is 0. The van der Waals surface area contributed by atoms with E-state index in [1.165, 1.54) is 11.8 Å². The molecule has 3 rings (SSSR count). The summed E-state index contributed by atoms with van der Waals surface area (Å²) in [4.78, 5) is 12.0. The van der Waals surface area contributed by atoms with Gasteiger partial charge in [-0.2, -0.15) is 0 Å². The van der Waals surface area contributed by atoms with Crippen molar-refractivity contribution in [2.45, 2.75) is 30.7 Å². The quantitative estimate of drug-likeness (QED) is 0.534. The molecule has 2 heterocycles. The van der Waals surface area contributed by atoms with Gasteiger partial charge in [-0.25, -0.2) is 0 Å². The lowest BCUT2D eigenvalue weighted by atomic mass is 10.3. The van der Waals surface area contributed by atoms with Crippen LogP contribution >= 0.6 is 11.8 Å². The van der Waals surface area contributed by atoms with Gasteiger partial charge in [0, 0.05) is 7.05 Å². The Labute approximate surface area is 132 Å². The van der Waals surface area contributed by atoms with Crippen LogP contribution in [0.25, 0.3) is 16.8 Å². The van der Waals surface area contributed by atoms with Crippen LogP contribution in [0, 0.1) is 0 Å². The lowest BCUT2D eigenvalue weighted by Gasteiger charge is -2.11. The number of thioether (sulfide) groups is 1. The molecule has 0 unspecified atom stereocenters. The fraction of sp³-hybridized carbons (Fsp3) is 0.400. The molecule has 0 saturated heterocycles. The maximum atomic E-state index is 12.0. The van der Waals surface area contributed by atoms with Crippen LogP contribution in [-0.4, -0.2) is 37.0 Å². The van der Waals surface area contributed by atoms with Crippen molar-refractivity contribution in [3.8, 4) is 0 Å². The predicted octanol–water partition coefficient (Wildman–Crippen LogP) is 2.65. The first-order valence-electron chi connectivity index (χ1n) is 7.29. The number of hydrogen-bond acceptors (Lipinski definition) is 5. The molecule has 3 aromatic rings. The number of ether oxygens (including phenoxy) is 1. The number of para-hydroxylation sites is 2. The minimum Gasteiger partial charge on any atom is -0.465 e. The minimum atomic E-state index is -0.272. The highest BCUT2D eigenvalue weighted by molar-refractivity contribution is 8.00. The number of aryl methyl sites for hydroxylation is 1. The van der Waals surface area contributed by atoms with Crippen LogP contribution in [0.1, 0.15) is 20.3 Å². The van der Waals surface area contributed by atoms with Gasteiger partial charge in [0.25, 0.3) is 0 Å². The van der Waals surface area contributed by atoms with Gasteiger partial charge in [-0.1, -0.05) is 30.8 Å². The summed E-state index contributed by atoms with van der Waals surface area (Å²) in [6.07, 6.45) is 0.684. The van der Waals surface area contributed by atoms with E-state index in [0.717, 1.165) is 16.8 Å². The van der Waals surface area contributed by atoms with Crippen molar-refractivity contribution in [1.82, 2.24) is 19.2 Å². The van der Waals surface area contributed by atoms with Gasteiger partial charge in [0.1, 0.15) is 5.25 Å². The molecule has 1 atom stereocenters. The van der Waals surface area contributed by atoms with Gasteiger partial charge in [0.05, 0.1) is 17.6 Å². The van der Waals surface area contributed by atoms with E-state index < -0.39 is 0 Å². The number of benzene rings is 1. The van der Waals surface area contributed by atoms with E-state index in [-0.39, 0.29) is 11.2 Å². The number of carbonyl (C=O) groups excluding carboxylic acids is 1. The van der Waals surface area contributed by atoms with Gasteiger partial charge in [-0.05, 0) is 25.5 Å². The summed E-state index contributed by atoms with van der Waals surface area (Å²) in [5, 5.41) is 8.94. The van der Waals surface area contributed by atoms with Crippen molar-refractivity contribution >= 4 is 34.5 Å². The van der Waals surface area contributed by atoms with Crippen LogP contribution < -0.4 is 0 Å². The van der Waals surface area contributed by atoms with E-state index in [9.17, 15) is 4.79 Å². The highest BCUT2D eigenvalue weighted by Gasteiger charge is 2.23. The molecule has 0 aliphatic rings. The number of fused-ring (bicyclic) bond motifs is 3. The van der Waals surface area contributed by atoms with Crippen molar-refractivity contribution in [2.75, 3.05) is 6.61 Å². The molecular formula is C15H18N4O2S. The van der Waals surface area contributed by atoms with Crippen molar-refractivity contribution < 1.29 is 9.53 Å². The lowest BCUT2D eigenvalue weighted by Crippen LogP contribution is -2.19. The summed E-state index contributed by atoms with van der Waals surface area (Å²) in [6, 6.07) is 8.05. The van der Waals surface area contributed by atoms with Gasteiger partial charge in [0.2, 0.25) is 5.78 Å². The average molecular weight is 318 g/mol. The second kappa shape index (κ2) is 6.00. The fourth-order valence-electron chi connectivity index (χ4n) is 2.47. The summed E-state index contributed by atoms with van der Waals surface area (Å²) >= 11 is 1.40. The Kier molecular flexibility index (Phi) is 4.06. The Hall–Kier alpha value is -2.02. The third kappa shape index (κ3) is 2.35. The third-order valence-electron chi connectivity index (χ3n) is 3.57. The molecule has 7 heteroatoms. The summed E-state index contributed by atoms with van der Waals surface area (Å²) in [7, 11) is 1.96. The van der Waals surface area contributed by atoms with Gasteiger partial charge >= 0.3 is 5.97 Å². The summed E-state index contributed by atoms with van der Waals surface area (Å²) in [6.45, 7) is 4.17. The summed E-state index contributed by atoms with van der Waals surface area (Å²) < 4.78 is 9.11. The number of esters is 1. The maximum absolute atomic E-state index is 12.0. The van der Waals surface area contributed by atoms with Crippen molar-refractivity contribution in [1.29, 1.82) is 0 Å². The first-order valence-corrected chi connectivity index (χ1v) is 8.17. The van der Waals surface area contributed by atoms with Crippen LogP contribution in [-0.2, 0) is 16.6 Å². The summed E-state index contributed by atoms with van der Waals surface area (Å²) in [5.74, 6) is 0.564. The second-order valence-electron chi connectivity index (χ2n) is 4.93. The molecule has 0 saturated carbocycles. The first-order chi connectivity index (χ1) is 10.7. The number of imidazole rings is 1. The normalized spacial score (nSPS) is 12.9. The van der Waals surface area contributed by atoms with Crippen molar-refractivity contribution in [3.05, 3.63) is 24.3 Å². The Morgan fingerprint density at radius 1 is 1.27 bits per heavy atom. The topological polar surface area (TPSA) is 61.4 Å². The highest BCUT2D eigenvalue weighted by atomic mass is 32.2. The smallest absolute Gasteiger partial charge is 0.319 e. The first kappa shape index (κ1) is 14.9. The fourth-order valence-corrected chi connectivity index (χ4v) is 3.43. The molecule has 0 aliphatic carbocycles. The molecule has 0 fully saturated rings. The Balaban J connectivity index is 2.04. The van der Waals surface area contributed by atoms with E-state index in [0.29, 0.717) is 18.2 Å². The summed E-state index contributed by atoms with van der Waals surface area (Å²) in [5.41, 5.74) is 2.12.